The zero-order chi connectivity index (χ0) is 23.1. The highest BCUT2D eigenvalue weighted by molar-refractivity contribution is 7.91. The van der Waals surface area contributed by atoms with Gasteiger partial charge in [0.2, 0.25) is 0 Å². The standard InChI is InChI=1S/C22H30N4O5S/c1-26(17-5-3-2-4-6-17)21-13-20(23-15-24-21)22(29)25-16-7-9-19(10-8-16)32(30,31)12-11-18(28)14-27/h7-10,13,15,17-18,27-28H,2-6,11-12,14H2,1H3,(H,25,29). The summed E-state index contributed by atoms with van der Waals surface area (Å²) in [5, 5.41) is 20.9. The molecular formula is C22H30N4O5S. The molecule has 2 aromatic rings. The maximum absolute atomic E-state index is 12.7. The Morgan fingerprint density at radius 1 is 1.19 bits per heavy atom. The molecule has 1 aliphatic carbocycles. The number of aliphatic hydroxyl groups excluding tert-OH is 2. The molecule has 1 aromatic carbocycles. The zero-order valence-corrected chi connectivity index (χ0v) is 19.0. The van der Waals surface area contributed by atoms with E-state index in [1.165, 1.54) is 49.9 Å². The second-order valence-electron chi connectivity index (χ2n) is 8.09. The summed E-state index contributed by atoms with van der Waals surface area (Å²) in [6.07, 6.45) is 6.11. The van der Waals surface area contributed by atoms with Crippen LogP contribution in [0.1, 0.15) is 49.0 Å². The number of aliphatic hydroxyl groups is 2. The van der Waals surface area contributed by atoms with Gasteiger partial charge < -0.3 is 20.4 Å². The monoisotopic (exact) mass is 462 g/mol. The normalized spacial score (nSPS) is 15.8. The molecule has 0 radical (unpaired) electrons. The van der Waals surface area contributed by atoms with E-state index in [0.717, 1.165) is 12.8 Å². The van der Waals surface area contributed by atoms with Gasteiger partial charge in [-0.2, -0.15) is 0 Å². The maximum atomic E-state index is 12.7. The van der Waals surface area contributed by atoms with Crippen molar-refractivity contribution in [1.29, 1.82) is 0 Å². The largest absolute Gasteiger partial charge is 0.394 e. The minimum absolute atomic E-state index is 0.0529. The molecule has 1 saturated carbocycles. The number of carbonyl (C=O) groups is 1. The Kier molecular flexibility index (Phi) is 8.16. The maximum Gasteiger partial charge on any atom is 0.274 e. The van der Waals surface area contributed by atoms with Crippen molar-refractivity contribution >= 4 is 27.2 Å². The van der Waals surface area contributed by atoms with E-state index >= 15 is 0 Å². The van der Waals surface area contributed by atoms with E-state index in [2.05, 4.69) is 20.2 Å². The van der Waals surface area contributed by atoms with Crippen molar-refractivity contribution in [2.75, 3.05) is 29.6 Å². The molecule has 9 nitrogen and oxygen atoms in total. The lowest BCUT2D eigenvalue weighted by Crippen LogP contribution is -2.34. The molecule has 0 saturated heterocycles. The van der Waals surface area contributed by atoms with Gasteiger partial charge >= 0.3 is 0 Å². The van der Waals surface area contributed by atoms with Crippen LogP contribution in [0.25, 0.3) is 0 Å². The number of aromatic nitrogens is 2. The van der Waals surface area contributed by atoms with E-state index in [9.17, 15) is 18.3 Å². The SMILES string of the molecule is CN(c1cc(C(=O)Nc2ccc(S(=O)(=O)CCC(O)CO)cc2)ncn1)C1CCCCC1. The van der Waals surface area contributed by atoms with Crippen molar-refractivity contribution in [3.8, 4) is 0 Å². The van der Waals surface area contributed by atoms with E-state index < -0.39 is 28.5 Å². The smallest absolute Gasteiger partial charge is 0.274 e. The first-order valence-electron chi connectivity index (χ1n) is 10.8. The number of nitrogens with one attached hydrogen (secondary N) is 1. The van der Waals surface area contributed by atoms with Gasteiger partial charge in [0.25, 0.3) is 5.91 Å². The molecule has 0 bridgehead atoms. The van der Waals surface area contributed by atoms with E-state index in [1.807, 2.05) is 7.05 Å². The fourth-order valence-electron chi connectivity index (χ4n) is 3.76. The van der Waals surface area contributed by atoms with E-state index in [-0.39, 0.29) is 22.8 Å². The van der Waals surface area contributed by atoms with Gasteiger partial charge in [-0.1, -0.05) is 19.3 Å². The Morgan fingerprint density at radius 2 is 1.88 bits per heavy atom. The highest BCUT2D eigenvalue weighted by Gasteiger charge is 2.21. The fraction of sp³-hybridized carbons (Fsp3) is 0.500. The van der Waals surface area contributed by atoms with Crippen LogP contribution in [-0.4, -0.2) is 66.1 Å². The highest BCUT2D eigenvalue weighted by Crippen LogP contribution is 2.25. The van der Waals surface area contributed by atoms with Crippen LogP contribution in [0.3, 0.4) is 0 Å². The molecule has 10 heteroatoms. The number of rotatable bonds is 9. The van der Waals surface area contributed by atoms with Crippen LogP contribution in [0.2, 0.25) is 0 Å². The van der Waals surface area contributed by atoms with Crippen molar-refractivity contribution in [2.45, 2.75) is 55.6 Å². The van der Waals surface area contributed by atoms with Gasteiger partial charge in [-0.3, -0.25) is 4.79 Å². The molecule has 1 aromatic heterocycles. The van der Waals surface area contributed by atoms with Gasteiger partial charge in [0, 0.05) is 24.8 Å². The molecule has 1 heterocycles. The van der Waals surface area contributed by atoms with Gasteiger partial charge in [0.1, 0.15) is 17.8 Å². The Bertz CT molecular complexity index is 1010. The third-order valence-electron chi connectivity index (χ3n) is 5.77. The lowest BCUT2D eigenvalue weighted by Gasteiger charge is -2.32. The number of nitrogens with zero attached hydrogens (tertiary/aromatic N) is 3. The quantitative estimate of drug-likeness (QED) is 0.515. The summed E-state index contributed by atoms with van der Waals surface area (Å²) < 4.78 is 24.7. The first-order chi connectivity index (χ1) is 15.3. The Morgan fingerprint density at radius 3 is 2.53 bits per heavy atom. The molecule has 174 valence electrons. The summed E-state index contributed by atoms with van der Waals surface area (Å²) >= 11 is 0. The van der Waals surface area contributed by atoms with Crippen LogP contribution in [0, 0.1) is 0 Å². The minimum Gasteiger partial charge on any atom is -0.394 e. The zero-order valence-electron chi connectivity index (χ0n) is 18.1. The van der Waals surface area contributed by atoms with Gasteiger partial charge in [0.15, 0.2) is 9.84 Å². The van der Waals surface area contributed by atoms with Gasteiger partial charge in [-0.05, 0) is 43.5 Å². The molecule has 1 fully saturated rings. The van der Waals surface area contributed by atoms with Crippen LogP contribution in [0.5, 0.6) is 0 Å². The summed E-state index contributed by atoms with van der Waals surface area (Å²) in [5.74, 6) is 0.00879. The number of sulfone groups is 1. The van der Waals surface area contributed by atoms with Crippen molar-refractivity contribution < 1.29 is 23.4 Å². The van der Waals surface area contributed by atoms with Crippen molar-refractivity contribution in [3.05, 3.63) is 42.4 Å². The van der Waals surface area contributed by atoms with Crippen molar-refractivity contribution in [1.82, 2.24) is 9.97 Å². The Balaban J connectivity index is 1.64. The number of anilines is 2. The number of hydrogen-bond donors (Lipinski definition) is 3. The third kappa shape index (κ3) is 6.24. The van der Waals surface area contributed by atoms with E-state index in [1.54, 1.807) is 6.07 Å². The third-order valence-corrected chi connectivity index (χ3v) is 7.53. The van der Waals surface area contributed by atoms with Crippen LogP contribution in [0.4, 0.5) is 11.5 Å². The summed E-state index contributed by atoms with van der Waals surface area (Å²) in [4.78, 5) is 23.2. The molecule has 3 N–H and O–H groups in total. The minimum atomic E-state index is -3.60. The molecule has 32 heavy (non-hydrogen) atoms. The molecule has 1 aliphatic rings. The summed E-state index contributed by atoms with van der Waals surface area (Å²) in [6, 6.07) is 7.88. The number of benzene rings is 1. The summed E-state index contributed by atoms with van der Waals surface area (Å²) in [5.41, 5.74) is 0.664. The summed E-state index contributed by atoms with van der Waals surface area (Å²) in [7, 11) is -1.61. The molecular weight excluding hydrogens is 432 g/mol. The van der Waals surface area contributed by atoms with Crippen LogP contribution >= 0.6 is 0 Å². The van der Waals surface area contributed by atoms with Gasteiger partial charge in [-0.25, -0.2) is 18.4 Å². The predicted molar refractivity (Wildman–Crippen MR) is 121 cm³/mol. The Labute approximate surface area is 188 Å². The number of hydrogen-bond acceptors (Lipinski definition) is 8. The lowest BCUT2D eigenvalue weighted by molar-refractivity contribution is 0.0928. The van der Waals surface area contributed by atoms with Crippen LogP contribution < -0.4 is 10.2 Å². The topological polar surface area (TPSA) is 133 Å². The van der Waals surface area contributed by atoms with Gasteiger partial charge in [0.05, 0.1) is 23.4 Å². The second-order valence-corrected chi connectivity index (χ2v) is 10.2. The molecule has 0 spiro atoms. The Hall–Kier alpha value is -2.56. The van der Waals surface area contributed by atoms with E-state index in [0.29, 0.717) is 17.5 Å². The van der Waals surface area contributed by atoms with Crippen molar-refractivity contribution in [2.24, 2.45) is 0 Å². The lowest BCUT2D eigenvalue weighted by atomic mass is 9.94. The average Bonchev–Trinajstić information content (AvgIpc) is 2.83. The number of carbonyl (C=O) groups excluding carboxylic acids is 1. The van der Waals surface area contributed by atoms with E-state index in [4.69, 9.17) is 5.11 Å². The van der Waals surface area contributed by atoms with Crippen molar-refractivity contribution in [3.63, 3.8) is 0 Å². The number of amides is 1. The molecule has 0 aliphatic heterocycles. The molecule has 3 rings (SSSR count). The summed E-state index contributed by atoms with van der Waals surface area (Å²) in [6.45, 7) is -0.484. The fourth-order valence-corrected chi connectivity index (χ4v) is 5.13. The predicted octanol–water partition coefficient (Wildman–Crippen LogP) is 2.01. The first kappa shape index (κ1) is 24.1. The first-order valence-corrected chi connectivity index (χ1v) is 12.4. The molecule has 1 atom stereocenters. The van der Waals surface area contributed by atoms with Crippen LogP contribution in [-0.2, 0) is 9.84 Å². The second kappa shape index (κ2) is 10.8. The van der Waals surface area contributed by atoms with Gasteiger partial charge in [-0.15, -0.1) is 0 Å². The molecule has 1 unspecified atom stereocenters. The van der Waals surface area contributed by atoms with Crippen LogP contribution in [0.15, 0.2) is 41.6 Å². The molecule has 1 amide bonds. The highest BCUT2D eigenvalue weighted by atomic mass is 32.2. The average molecular weight is 463 g/mol.